The van der Waals surface area contributed by atoms with E-state index in [1.54, 1.807) is 13.0 Å². The fraction of sp³-hybridized carbons (Fsp3) is 0.333. The van der Waals surface area contributed by atoms with Crippen molar-refractivity contribution in [2.75, 3.05) is 11.5 Å². The number of anilines is 1. The molecule has 5 nitrogen and oxygen atoms in total. The van der Waals surface area contributed by atoms with Crippen LogP contribution in [0, 0.1) is 0 Å². The first-order chi connectivity index (χ1) is 12.8. The maximum atomic E-state index is 14.5. The molecule has 2 heterocycles. The third-order valence-electron chi connectivity index (χ3n) is 4.18. The van der Waals surface area contributed by atoms with Crippen LogP contribution in [-0.4, -0.2) is 29.0 Å². The highest BCUT2D eigenvalue weighted by Gasteiger charge is 2.55. The van der Waals surface area contributed by atoms with E-state index in [0.29, 0.717) is 18.1 Å². The van der Waals surface area contributed by atoms with Crippen LogP contribution in [0.4, 0.5) is 23.2 Å². The van der Waals surface area contributed by atoms with Crippen molar-refractivity contribution in [2.45, 2.75) is 31.9 Å². The predicted octanol–water partition coefficient (Wildman–Crippen LogP) is 3.42. The summed E-state index contributed by atoms with van der Waals surface area (Å²) in [5.74, 6) is -5.21. The van der Waals surface area contributed by atoms with Crippen LogP contribution in [0.3, 0.4) is 0 Å². The van der Waals surface area contributed by atoms with Crippen molar-refractivity contribution in [3.63, 3.8) is 0 Å². The SMILES string of the molecule is CCOc1ccc(CN2C(=O)C(F)(F)c3c(C(O)C(F)F)cccc32)cn1. The molecule has 2 aromatic rings. The van der Waals surface area contributed by atoms with Gasteiger partial charge in [0.15, 0.2) is 0 Å². The molecule has 144 valence electrons. The fourth-order valence-corrected chi connectivity index (χ4v) is 2.97. The maximum Gasteiger partial charge on any atom is 0.352 e. The standard InChI is InChI=1S/C18H16F4N2O3/c1-2-27-13-7-6-10(8-23-13)9-24-12-5-3-4-11(15(25)16(19)20)14(12)18(21,22)17(24)26/h3-8,15-16,25H,2,9H2,1H3. The van der Waals surface area contributed by atoms with Crippen molar-refractivity contribution in [3.8, 4) is 5.88 Å². The van der Waals surface area contributed by atoms with E-state index in [4.69, 9.17) is 4.74 Å². The van der Waals surface area contributed by atoms with Crippen molar-refractivity contribution in [1.29, 1.82) is 0 Å². The number of hydrogen-bond acceptors (Lipinski definition) is 4. The number of benzene rings is 1. The first-order valence-electron chi connectivity index (χ1n) is 8.14. The number of amides is 1. The number of carbonyl (C=O) groups is 1. The number of hydrogen-bond donors (Lipinski definition) is 1. The second-order valence-electron chi connectivity index (χ2n) is 5.92. The Kier molecular flexibility index (Phi) is 5.05. The van der Waals surface area contributed by atoms with Crippen LogP contribution in [0.25, 0.3) is 0 Å². The Labute approximate surface area is 152 Å². The molecule has 0 radical (unpaired) electrons. The van der Waals surface area contributed by atoms with E-state index in [9.17, 15) is 27.5 Å². The van der Waals surface area contributed by atoms with E-state index in [1.807, 2.05) is 0 Å². The topological polar surface area (TPSA) is 62.7 Å². The Morgan fingerprint density at radius 3 is 2.59 bits per heavy atom. The Hall–Kier alpha value is -2.68. The highest BCUT2D eigenvalue weighted by Crippen LogP contribution is 2.48. The van der Waals surface area contributed by atoms with Crippen LogP contribution in [-0.2, 0) is 17.3 Å². The minimum absolute atomic E-state index is 0.212. The summed E-state index contributed by atoms with van der Waals surface area (Å²) in [5.41, 5.74) is -1.30. The van der Waals surface area contributed by atoms with Crippen molar-refractivity contribution >= 4 is 11.6 Å². The number of fused-ring (bicyclic) bond motifs is 1. The largest absolute Gasteiger partial charge is 0.478 e. The quantitative estimate of drug-likeness (QED) is 0.776. The minimum Gasteiger partial charge on any atom is -0.478 e. The molecule has 1 amide bonds. The van der Waals surface area contributed by atoms with Gasteiger partial charge in [0.1, 0.15) is 6.10 Å². The predicted molar refractivity (Wildman–Crippen MR) is 87.9 cm³/mol. The van der Waals surface area contributed by atoms with Gasteiger partial charge < -0.3 is 14.7 Å². The van der Waals surface area contributed by atoms with Crippen LogP contribution in [0.2, 0.25) is 0 Å². The number of pyridine rings is 1. The summed E-state index contributed by atoms with van der Waals surface area (Å²) < 4.78 is 60.0. The molecule has 0 fully saturated rings. The van der Waals surface area contributed by atoms with Crippen molar-refractivity contribution in [2.24, 2.45) is 0 Å². The summed E-state index contributed by atoms with van der Waals surface area (Å²) in [6.07, 6.45) is -4.29. The molecular weight excluding hydrogens is 368 g/mol. The van der Waals surface area contributed by atoms with Gasteiger partial charge in [-0.1, -0.05) is 18.2 Å². The van der Waals surface area contributed by atoms with Gasteiger partial charge in [0, 0.05) is 12.3 Å². The number of alkyl halides is 4. The second kappa shape index (κ2) is 7.15. The molecule has 1 aromatic heterocycles. The molecule has 0 saturated carbocycles. The number of aliphatic hydroxyl groups is 1. The average Bonchev–Trinajstić information content (AvgIpc) is 2.83. The zero-order valence-electron chi connectivity index (χ0n) is 14.2. The van der Waals surface area contributed by atoms with Crippen molar-refractivity contribution in [3.05, 3.63) is 53.2 Å². The molecule has 1 atom stereocenters. The summed E-state index contributed by atoms with van der Waals surface area (Å²) in [6, 6.07) is 6.56. The number of aromatic nitrogens is 1. The zero-order valence-corrected chi connectivity index (χ0v) is 14.2. The molecule has 27 heavy (non-hydrogen) atoms. The summed E-state index contributed by atoms with van der Waals surface area (Å²) in [4.78, 5) is 17.1. The molecule has 3 rings (SSSR count). The van der Waals surface area contributed by atoms with Gasteiger partial charge in [0.25, 0.3) is 6.43 Å². The summed E-state index contributed by atoms with van der Waals surface area (Å²) in [5, 5.41) is 9.60. The molecule has 0 bridgehead atoms. The Morgan fingerprint density at radius 2 is 2.00 bits per heavy atom. The summed E-state index contributed by atoms with van der Waals surface area (Å²) >= 11 is 0. The third kappa shape index (κ3) is 3.34. The van der Waals surface area contributed by atoms with Gasteiger partial charge in [-0.05, 0) is 24.1 Å². The van der Waals surface area contributed by atoms with Gasteiger partial charge in [0.2, 0.25) is 5.88 Å². The van der Waals surface area contributed by atoms with Gasteiger partial charge in [0.05, 0.1) is 24.4 Å². The van der Waals surface area contributed by atoms with Crippen molar-refractivity contribution in [1.82, 2.24) is 4.98 Å². The molecule has 1 aromatic carbocycles. The molecule has 1 aliphatic rings. The monoisotopic (exact) mass is 384 g/mol. The molecule has 0 saturated heterocycles. The lowest BCUT2D eigenvalue weighted by molar-refractivity contribution is -0.142. The van der Waals surface area contributed by atoms with Gasteiger partial charge >= 0.3 is 11.8 Å². The van der Waals surface area contributed by atoms with E-state index in [-0.39, 0.29) is 12.2 Å². The Balaban J connectivity index is 1.98. The van der Waals surface area contributed by atoms with Crippen LogP contribution >= 0.6 is 0 Å². The lowest BCUT2D eigenvalue weighted by atomic mass is 9.98. The fourth-order valence-electron chi connectivity index (χ4n) is 2.97. The summed E-state index contributed by atoms with van der Waals surface area (Å²) in [6.45, 7) is 1.96. The van der Waals surface area contributed by atoms with Crippen LogP contribution in [0.5, 0.6) is 5.88 Å². The van der Waals surface area contributed by atoms with E-state index in [2.05, 4.69) is 4.98 Å². The van der Waals surface area contributed by atoms with E-state index >= 15 is 0 Å². The van der Waals surface area contributed by atoms with Crippen molar-refractivity contribution < 1.29 is 32.2 Å². The first-order valence-corrected chi connectivity index (χ1v) is 8.14. The molecular formula is C18H16F4N2O3. The average molecular weight is 384 g/mol. The smallest absolute Gasteiger partial charge is 0.352 e. The lowest BCUT2D eigenvalue weighted by Gasteiger charge is -2.18. The maximum absolute atomic E-state index is 14.5. The number of nitrogens with zero attached hydrogens (tertiary/aromatic N) is 2. The lowest BCUT2D eigenvalue weighted by Crippen LogP contribution is -2.34. The van der Waals surface area contributed by atoms with Gasteiger partial charge in [-0.25, -0.2) is 13.8 Å². The second-order valence-corrected chi connectivity index (χ2v) is 5.92. The number of rotatable bonds is 6. The highest BCUT2D eigenvalue weighted by atomic mass is 19.3. The highest BCUT2D eigenvalue weighted by molar-refractivity contribution is 6.06. The van der Waals surface area contributed by atoms with E-state index in [1.165, 1.54) is 24.4 Å². The van der Waals surface area contributed by atoms with E-state index in [0.717, 1.165) is 11.0 Å². The zero-order chi connectivity index (χ0) is 19.8. The molecule has 1 unspecified atom stereocenters. The van der Waals surface area contributed by atoms with Gasteiger partial charge in [-0.2, -0.15) is 8.78 Å². The normalized spacial score (nSPS) is 16.6. The molecule has 0 spiro atoms. The number of halogens is 4. The Morgan fingerprint density at radius 1 is 1.26 bits per heavy atom. The first kappa shape index (κ1) is 19.1. The number of ether oxygens (including phenoxy) is 1. The van der Waals surface area contributed by atoms with Gasteiger partial charge in [-0.15, -0.1) is 0 Å². The molecule has 0 aliphatic carbocycles. The van der Waals surface area contributed by atoms with Crippen LogP contribution < -0.4 is 9.64 Å². The minimum atomic E-state index is -4.01. The van der Waals surface area contributed by atoms with Gasteiger partial charge in [-0.3, -0.25) is 4.79 Å². The molecule has 1 aliphatic heterocycles. The third-order valence-corrected chi connectivity index (χ3v) is 4.18. The number of aliphatic hydroxyl groups excluding tert-OH is 1. The molecule has 1 N–H and O–H groups in total. The Bertz CT molecular complexity index is 843. The number of carbonyl (C=O) groups excluding carboxylic acids is 1. The van der Waals surface area contributed by atoms with Crippen LogP contribution in [0.1, 0.15) is 29.7 Å². The van der Waals surface area contributed by atoms with Crippen LogP contribution in [0.15, 0.2) is 36.5 Å². The molecule has 9 heteroatoms. The summed E-state index contributed by atoms with van der Waals surface area (Å²) in [7, 11) is 0. The van der Waals surface area contributed by atoms with E-state index < -0.39 is 35.5 Å².